The summed E-state index contributed by atoms with van der Waals surface area (Å²) in [4.78, 5) is 12.7. The third-order valence-electron chi connectivity index (χ3n) is 8.55. The topological polar surface area (TPSA) is 38.3 Å². The van der Waals surface area contributed by atoms with E-state index in [4.69, 9.17) is 4.74 Å². The molecule has 4 bridgehead atoms. The van der Waals surface area contributed by atoms with Crippen LogP contribution in [0.25, 0.3) is 0 Å². The van der Waals surface area contributed by atoms with Gasteiger partial charge < -0.3 is 10.1 Å². The molecule has 4 fully saturated rings. The zero-order chi connectivity index (χ0) is 22.5. The molecule has 3 heteroatoms. The third kappa shape index (κ3) is 3.55. The first-order chi connectivity index (χ1) is 16.1. The molecule has 1 amide bonds. The number of benzene rings is 3. The van der Waals surface area contributed by atoms with Crippen molar-refractivity contribution < 1.29 is 9.53 Å². The van der Waals surface area contributed by atoms with Gasteiger partial charge >= 0.3 is 0 Å². The van der Waals surface area contributed by atoms with E-state index in [-0.39, 0.29) is 11.3 Å². The van der Waals surface area contributed by atoms with E-state index in [0.717, 1.165) is 23.3 Å². The molecular weight excluding hydrogens is 406 g/mol. The molecule has 7 rings (SSSR count). The first kappa shape index (κ1) is 20.5. The summed E-state index contributed by atoms with van der Waals surface area (Å²) in [5.74, 6) is 2.32. The van der Waals surface area contributed by atoms with Crippen molar-refractivity contribution in [1.29, 1.82) is 0 Å². The molecule has 0 aromatic heterocycles. The molecule has 0 aliphatic heterocycles. The highest BCUT2D eigenvalue weighted by molar-refractivity contribution is 6.04. The first-order valence-corrected chi connectivity index (χ1v) is 12.2. The van der Waals surface area contributed by atoms with Gasteiger partial charge in [-0.15, -0.1) is 0 Å². The van der Waals surface area contributed by atoms with Gasteiger partial charge in [-0.2, -0.15) is 0 Å². The van der Waals surface area contributed by atoms with Crippen LogP contribution in [-0.2, 0) is 10.8 Å². The van der Waals surface area contributed by atoms with Crippen LogP contribution in [0.1, 0.15) is 60.0 Å². The molecule has 1 N–H and O–H groups in total. The van der Waals surface area contributed by atoms with Gasteiger partial charge in [0.1, 0.15) is 5.75 Å². The summed E-state index contributed by atoms with van der Waals surface area (Å²) in [6.07, 6.45) is 8.00. The molecule has 4 aliphatic carbocycles. The second kappa shape index (κ2) is 7.76. The number of rotatable bonds is 5. The van der Waals surface area contributed by atoms with Crippen LogP contribution in [0.4, 0.5) is 5.69 Å². The molecule has 4 aliphatic rings. The maximum atomic E-state index is 12.7. The highest BCUT2D eigenvalue weighted by Gasteiger charge is 2.58. The van der Waals surface area contributed by atoms with Crippen molar-refractivity contribution in [2.75, 3.05) is 12.4 Å². The van der Waals surface area contributed by atoms with E-state index in [1.807, 2.05) is 12.1 Å². The van der Waals surface area contributed by atoms with Gasteiger partial charge in [0.05, 0.1) is 7.11 Å². The van der Waals surface area contributed by atoms with E-state index in [2.05, 4.69) is 59.9 Å². The van der Waals surface area contributed by atoms with E-state index >= 15 is 0 Å². The van der Waals surface area contributed by atoms with Gasteiger partial charge in [0, 0.05) is 11.3 Å². The molecule has 3 aromatic carbocycles. The molecule has 4 atom stereocenters. The quantitative estimate of drug-likeness (QED) is 0.480. The average Bonchev–Trinajstić information content (AvgIpc) is 2.84. The smallest absolute Gasteiger partial charge is 0.255 e. The van der Waals surface area contributed by atoms with Gasteiger partial charge in [-0.25, -0.2) is 0 Å². The zero-order valence-corrected chi connectivity index (χ0v) is 19.2. The number of nitrogens with one attached hydrogen (secondary N) is 1. The zero-order valence-electron chi connectivity index (χ0n) is 19.2. The minimum Gasteiger partial charge on any atom is -0.497 e. The van der Waals surface area contributed by atoms with E-state index in [9.17, 15) is 4.79 Å². The van der Waals surface area contributed by atoms with E-state index < -0.39 is 0 Å². The second-order valence-corrected chi connectivity index (χ2v) is 10.6. The molecule has 0 radical (unpaired) electrons. The Morgan fingerprint density at radius 1 is 0.788 bits per heavy atom. The Balaban J connectivity index is 1.24. The minimum absolute atomic E-state index is 0.0942. The molecule has 3 nitrogen and oxygen atoms in total. The molecular formula is C30H31NO2. The highest BCUT2D eigenvalue weighted by Crippen LogP contribution is 2.66. The summed E-state index contributed by atoms with van der Waals surface area (Å²) in [5, 5.41) is 3.05. The second-order valence-electron chi connectivity index (χ2n) is 10.6. The predicted octanol–water partition coefficient (Wildman–Crippen LogP) is 6.74. The van der Waals surface area contributed by atoms with Crippen molar-refractivity contribution in [3.8, 4) is 5.75 Å². The lowest BCUT2D eigenvalue weighted by molar-refractivity contribution is -0.0281. The lowest BCUT2D eigenvalue weighted by Gasteiger charge is -2.62. The Morgan fingerprint density at radius 2 is 1.36 bits per heavy atom. The lowest BCUT2D eigenvalue weighted by atomic mass is 9.42. The summed E-state index contributed by atoms with van der Waals surface area (Å²) in [7, 11) is 1.63. The van der Waals surface area contributed by atoms with E-state index in [0.29, 0.717) is 11.0 Å². The van der Waals surface area contributed by atoms with Crippen molar-refractivity contribution in [3.63, 3.8) is 0 Å². The Labute approximate surface area is 196 Å². The molecule has 0 heterocycles. The Kier molecular flexibility index (Phi) is 4.83. The fraction of sp³-hybridized carbons (Fsp3) is 0.367. The van der Waals surface area contributed by atoms with Gasteiger partial charge in [-0.05, 0) is 109 Å². The van der Waals surface area contributed by atoms with Crippen LogP contribution >= 0.6 is 0 Å². The van der Waals surface area contributed by atoms with Crippen LogP contribution in [0.3, 0.4) is 0 Å². The molecule has 168 valence electrons. The monoisotopic (exact) mass is 437 g/mol. The van der Waals surface area contributed by atoms with Crippen LogP contribution in [0.15, 0.2) is 78.9 Å². The highest BCUT2D eigenvalue weighted by atomic mass is 16.5. The standard InChI is InChI=1S/C30H31NO2/c1-33-27-13-7-23(8-14-27)28(32)31-26-11-9-25(10-12-26)30-18-21-15-22(19-30)17-29(16-21,20-30)24-5-3-2-4-6-24/h2-14,21-22H,15-20H2,1H3,(H,31,32)/t21-,22+,29?,30?. The predicted molar refractivity (Wildman–Crippen MR) is 132 cm³/mol. The number of hydrogen-bond donors (Lipinski definition) is 1. The maximum absolute atomic E-state index is 12.7. The summed E-state index contributed by atoms with van der Waals surface area (Å²) in [6.45, 7) is 0. The summed E-state index contributed by atoms with van der Waals surface area (Å²) in [6, 6.07) is 27.2. The number of amides is 1. The molecule has 0 spiro atoms. The molecule has 3 aromatic rings. The average molecular weight is 438 g/mol. The van der Waals surface area contributed by atoms with E-state index in [1.54, 1.807) is 24.8 Å². The molecule has 33 heavy (non-hydrogen) atoms. The Hall–Kier alpha value is -3.07. The normalized spacial score (nSPS) is 29.6. The maximum Gasteiger partial charge on any atom is 0.255 e. The summed E-state index contributed by atoms with van der Waals surface area (Å²) < 4.78 is 5.18. The Bertz CT molecular complexity index is 1140. The van der Waals surface area contributed by atoms with Crippen molar-refractivity contribution in [2.24, 2.45) is 11.8 Å². The number of anilines is 1. The van der Waals surface area contributed by atoms with Gasteiger partial charge in [-0.3, -0.25) is 4.79 Å². The number of ether oxygens (including phenoxy) is 1. The number of methoxy groups -OCH3 is 1. The summed E-state index contributed by atoms with van der Waals surface area (Å²) >= 11 is 0. The van der Waals surface area contributed by atoms with Crippen LogP contribution in [-0.4, -0.2) is 13.0 Å². The largest absolute Gasteiger partial charge is 0.497 e. The van der Waals surface area contributed by atoms with Crippen LogP contribution < -0.4 is 10.1 Å². The van der Waals surface area contributed by atoms with Gasteiger partial charge in [0.25, 0.3) is 5.91 Å². The van der Waals surface area contributed by atoms with Gasteiger partial charge in [0.2, 0.25) is 0 Å². The first-order valence-electron chi connectivity index (χ1n) is 12.2. The van der Waals surface area contributed by atoms with Crippen LogP contribution in [0, 0.1) is 11.8 Å². The molecule has 0 saturated heterocycles. The number of carbonyl (C=O) groups excluding carboxylic acids is 1. The van der Waals surface area contributed by atoms with Crippen LogP contribution in [0.5, 0.6) is 5.75 Å². The fourth-order valence-corrected chi connectivity index (χ4v) is 7.58. The number of carbonyl (C=O) groups is 1. The van der Waals surface area contributed by atoms with Crippen molar-refractivity contribution >= 4 is 11.6 Å². The van der Waals surface area contributed by atoms with Crippen LogP contribution in [0.2, 0.25) is 0 Å². The minimum atomic E-state index is -0.0942. The molecule has 4 saturated carbocycles. The van der Waals surface area contributed by atoms with Crippen molar-refractivity contribution in [3.05, 3.63) is 95.6 Å². The van der Waals surface area contributed by atoms with Gasteiger partial charge in [-0.1, -0.05) is 42.5 Å². The Morgan fingerprint density at radius 3 is 1.94 bits per heavy atom. The number of hydrogen-bond acceptors (Lipinski definition) is 2. The SMILES string of the molecule is COc1ccc(C(=O)Nc2ccc(C34C[C@@H]5C[C@@H](CC(c6ccccc6)(C5)C3)C4)cc2)cc1. The van der Waals surface area contributed by atoms with Crippen molar-refractivity contribution in [2.45, 2.75) is 49.4 Å². The summed E-state index contributed by atoms with van der Waals surface area (Å²) in [5.41, 5.74) is 5.10. The third-order valence-corrected chi connectivity index (χ3v) is 8.55. The van der Waals surface area contributed by atoms with Gasteiger partial charge in [0.15, 0.2) is 0 Å². The fourth-order valence-electron chi connectivity index (χ4n) is 7.58. The molecule has 2 unspecified atom stereocenters. The van der Waals surface area contributed by atoms with E-state index in [1.165, 1.54) is 44.1 Å². The lowest BCUT2D eigenvalue weighted by Crippen LogP contribution is -2.55. The van der Waals surface area contributed by atoms with Crippen molar-refractivity contribution in [1.82, 2.24) is 0 Å².